The smallest absolute Gasteiger partial charge is 0.313 e. The van der Waals surface area contributed by atoms with Crippen molar-refractivity contribution >= 4 is 28.3 Å². The summed E-state index contributed by atoms with van der Waals surface area (Å²) in [5.41, 5.74) is 0.634. The zero-order chi connectivity index (χ0) is 16.5. The molecule has 0 unspecified atom stereocenters. The number of carbonyl (C=O) groups excluding carboxylic acids is 2. The quantitative estimate of drug-likeness (QED) is 0.853. The standard InChI is InChI=1S/C19H21N3O2/c23-18(21-11-15-9-12-4-5-13(15)8-12)19(24)22-17-3-1-2-14-10-20-7-6-16(14)17/h1-3,6-7,10,12-13,15H,4-5,8-9,11H2,(H,21,23)(H,22,24)/t12-,13-,15-/m0/s1. The van der Waals surface area contributed by atoms with E-state index < -0.39 is 11.8 Å². The maximum absolute atomic E-state index is 12.2. The maximum atomic E-state index is 12.2. The predicted octanol–water partition coefficient (Wildman–Crippen LogP) is 2.73. The average Bonchev–Trinajstić information content (AvgIpc) is 3.23. The van der Waals surface area contributed by atoms with Crippen LogP contribution in [0.3, 0.4) is 0 Å². The number of carbonyl (C=O) groups is 2. The van der Waals surface area contributed by atoms with Crippen LogP contribution in [0.4, 0.5) is 5.69 Å². The van der Waals surface area contributed by atoms with Gasteiger partial charge in [-0.2, -0.15) is 0 Å². The summed E-state index contributed by atoms with van der Waals surface area (Å²) in [5.74, 6) is 0.967. The number of hydrogen-bond donors (Lipinski definition) is 2. The van der Waals surface area contributed by atoms with Crippen molar-refractivity contribution in [2.75, 3.05) is 11.9 Å². The Morgan fingerprint density at radius 2 is 2.04 bits per heavy atom. The molecule has 0 saturated heterocycles. The van der Waals surface area contributed by atoms with Crippen molar-refractivity contribution in [3.8, 4) is 0 Å². The van der Waals surface area contributed by atoms with E-state index in [-0.39, 0.29) is 0 Å². The van der Waals surface area contributed by atoms with E-state index in [1.165, 1.54) is 25.7 Å². The van der Waals surface area contributed by atoms with E-state index in [9.17, 15) is 9.59 Å². The van der Waals surface area contributed by atoms with Crippen LogP contribution in [0.5, 0.6) is 0 Å². The van der Waals surface area contributed by atoms with Crippen molar-refractivity contribution in [2.45, 2.75) is 25.7 Å². The third-order valence-electron chi connectivity index (χ3n) is 5.54. The van der Waals surface area contributed by atoms with E-state index in [2.05, 4.69) is 15.6 Å². The number of amides is 2. The van der Waals surface area contributed by atoms with Gasteiger partial charge >= 0.3 is 11.8 Å². The molecule has 0 radical (unpaired) electrons. The van der Waals surface area contributed by atoms with E-state index in [4.69, 9.17) is 0 Å². The first-order valence-corrected chi connectivity index (χ1v) is 8.62. The number of anilines is 1. The molecule has 5 nitrogen and oxygen atoms in total. The fraction of sp³-hybridized carbons (Fsp3) is 0.421. The van der Waals surface area contributed by atoms with E-state index in [1.807, 2.05) is 18.2 Å². The van der Waals surface area contributed by atoms with Crippen LogP contribution in [0, 0.1) is 17.8 Å². The van der Waals surface area contributed by atoms with Gasteiger partial charge in [-0.05, 0) is 49.1 Å². The number of nitrogens with zero attached hydrogens (tertiary/aromatic N) is 1. The van der Waals surface area contributed by atoms with Crippen molar-refractivity contribution in [2.24, 2.45) is 17.8 Å². The molecule has 2 bridgehead atoms. The highest BCUT2D eigenvalue weighted by molar-refractivity contribution is 6.40. The fourth-order valence-electron chi connectivity index (χ4n) is 4.34. The van der Waals surface area contributed by atoms with Crippen LogP contribution in [0.2, 0.25) is 0 Å². The highest BCUT2D eigenvalue weighted by Gasteiger charge is 2.39. The Labute approximate surface area is 140 Å². The van der Waals surface area contributed by atoms with Crippen molar-refractivity contribution in [1.29, 1.82) is 0 Å². The summed E-state index contributed by atoms with van der Waals surface area (Å²) >= 11 is 0. The number of rotatable bonds is 3. The molecular formula is C19H21N3O2. The summed E-state index contributed by atoms with van der Waals surface area (Å²) in [4.78, 5) is 28.4. The van der Waals surface area contributed by atoms with Gasteiger partial charge in [0.15, 0.2) is 0 Å². The Hall–Kier alpha value is -2.43. The van der Waals surface area contributed by atoms with Crippen molar-refractivity contribution in [3.05, 3.63) is 36.7 Å². The van der Waals surface area contributed by atoms with Gasteiger partial charge in [0.05, 0.1) is 0 Å². The van der Waals surface area contributed by atoms with E-state index in [1.54, 1.807) is 18.5 Å². The lowest BCUT2D eigenvalue weighted by Gasteiger charge is -2.21. The third kappa shape index (κ3) is 2.86. The van der Waals surface area contributed by atoms with Crippen molar-refractivity contribution < 1.29 is 9.59 Å². The number of pyridine rings is 1. The zero-order valence-electron chi connectivity index (χ0n) is 13.5. The fourth-order valence-corrected chi connectivity index (χ4v) is 4.34. The molecule has 1 heterocycles. The Bertz CT molecular complexity index is 784. The first-order valence-electron chi connectivity index (χ1n) is 8.62. The van der Waals surface area contributed by atoms with Gasteiger partial charge in [-0.15, -0.1) is 0 Å². The molecule has 2 amide bonds. The summed E-state index contributed by atoms with van der Waals surface area (Å²) < 4.78 is 0. The van der Waals surface area contributed by atoms with Crippen LogP contribution in [-0.4, -0.2) is 23.3 Å². The largest absolute Gasteiger partial charge is 0.348 e. The topological polar surface area (TPSA) is 71.1 Å². The molecule has 1 aromatic carbocycles. The second-order valence-corrected chi connectivity index (χ2v) is 7.00. The van der Waals surface area contributed by atoms with Gasteiger partial charge in [0.25, 0.3) is 0 Å². The van der Waals surface area contributed by atoms with E-state index in [0.717, 1.165) is 22.6 Å². The molecule has 2 aliphatic rings. The van der Waals surface area contributed by atoms with Crippen LogP contribution in [0.1, 0.15) is 25.7 Å². The normalized spacial score (nSPS) is 24.9. The molecule has 1 aromatic heterocycles. The van der Waals surface area contributed by atoms with Gasteiger partial charge in [-0.25, -0.2) is 0 Å². The zero-order valence-corrected chi connectivity index (χ0v) is 13.5. The number of fused-ring (bicyclic) bond motifs is 3. The Balaban J connectivity index is 1.37. The van der Waals surface area contributed by atoms with Crippen LogP contribution < -0.4 is 10.6 Å². The average molecular weight is 323 g/mol. The highest BCUT2D eigenvalue weighted by atomic mass is 16.2. The minimum atomic E-state index is -0.609. The first kappa shape index (κ1) is 15.1. The number of benzene rings is 1. The van der Waals surface area contributed by atoms with E-state index in [0.29, 0.717) is 18.2 Å². The number of nitrogens with one attached hydrogen (secondary N) is 2. The number of aromatic nitrogens is 1. The predicted molar refractivity (Wildman–Crippen MR) is 92.3 cm³/mol. The van der Waals surface area contributed by atoms with Crippen LogP contribution in [-0.2, 0) is 9.59 Å². The molecule has 0 aliphatic heterocycles. The minimum Gasteiger partial charge on any atom is -0.348 e. The van der Waals surface area contributed by atoms with Gasteiger partial charge in [0.1, 0.15) is 0 Å². The first-order chi connectivity index (χ1) is 11.7. The lowest BCUT2D eigenvalue weighted by Crippen LogP contribution is -2.39. The molecule has 24 heavy (non-hydrogen) atoms. The van der Waals surface area contributed by atoms with Crippen molar-refractivity contribution in [3.63, 3.8) is 0 Å². The highest BCUT2D eigenvalue weighted by Crippen LogP contribution is 2.47. The lowest BCUT2D eigenvalue weighted by molar-refractivity contribution is -0.136. The van der Waals surface area contributed by atoms with Crippen LogP contribution in [0.25, 0.3) is 10.8 Å². The Morgan fingerprint density at radius 1 is 1.12 bits per heavy atom. The maximum Gasteiger partial charge on any atom is 0.313 e. The SMILES string of the molecule is O=C(NC[C@@H]1C[C@H]2CC[C@H]1C2)C(=O)Nc1cccc2cnccc12. The summed E-state index contributed by atoms with van der Waals surface area (Å²) in [6.07, 6.45) is 8.53. The molecule has 124 valence electrons. The molecular weight excluding hydrogens is 302 g/mol. The van der Waals surface area contributed by atoms with Gasteiger partial charge < -0.3 is 10.6 Å². The van der Waals surface area contributed by atoms with Gasteiger partial charge in [-0.3, -0.25) is 14.6 Å². The van der Waals surface area contributed by atoms with Gasteiger partial charge in [0, 0.05) is 35.4 Å². The second-order valence-electron chi connectivity index (χ2n) is 7.00. The third-order valence-corrected chi connectivity index (χ3v) is 5.54. The molecule has 5 heteroatoms. The lowest BCUT2D eigenvalue weighted by atomic mass is 9.89. The molecule has 2 aromatic rings. The molecule has 2 fully saturated rings. The monoisotopic (exact) mass is 323 g/mol. The molecule has 4 rings (SSSR count). The molecule has 2 saturated carbocycles. The van der Waals surface area contributed by atoms with Gasteiger partial charge in [0.2, 0.25) is 0 Å². The van der Waals surface area contributed by atoms with Gasteiger partial charge in [-0.1, -0.05) is 18.6 Å². The Kier molecular flexibility index (Phi) is 3.92. The van der Waals surface area contributed by atoms with Crippen LogP contribution in [0.15, 0.2) is 36.7 Å². The molecule has 2 N–H and O–H groups in total. The van der Waals surface area contributed by atoms with Crippen molar-refractivity contribution in [1.82, 2.24) is 10.3 Å². The molecule has 3 atom stereocenters. The number of hydrogen-bond acceptors (Lipinski definition) is 3. The Morgan fingerprint density at radius 3 is 2.83 bits per heavy atom. The minimum absolute atomic E-state index is 0.545. The summed E-state index contributed by atoms with van der Waals surface area (Å²) in [6.45, 7) is 0.618. The van der Waals surface area contributed by atoms with Crippen LogP contribution >= 0.6 is 0 Å². The molecule has 0 spiro atoms. The summed E-state index contributed by atoms with van der Waals surface area (Å²) in [6, 6.07) is 7.39. The summed E-state index contributed by atoms with van der Waals surface area (Å²) in [7, 11) is 0. The second kappa shape index (κ2) is 6.23. The van der Waals surface area contributed by atoms with E-state index >= 15 is 0 Å². The summed E-state index contributed by atoms with van der Waals surface area (Å²) in [5, 5.41) is 7.33. The molecule has 2 aliphatic carbocycles.